The Morgan fingerprint density at radius 3 is 2.41 bits per heavy atom. The van der Waals surface area contributed by atoms with E-state index in [2.05, 4.69) is 10.4 Å². The van der Waals surface area contributed by atoms with Gasteiger partial charge >= 0.3 is 11.9 Å². The van der Waals surface area contributed by atoms with Gasteiger partial charge in [0.25, 0.3) is 5.91 Å². The lowest BCUT2D eigenvalue weighted by Crippen LogP contribution is -2.20. The molecule has 2 aromatic heterocycles. The summed E-state index contributed by atoms with van der Waals surface area (Å²) in [6.45, 7) is 3.32. The number of halogens is 1. The van der Waals surface area contributed by atoms with Gasteiger partial charge in [0.1, 0.15) is 15.5 Å². The second-order valence-corrected chi connectivity index (χ2v) is 8.26. The number of anilines is 1. The zero-order valence-corrected chi connectivity index (χ0v) is 19.1. The number of amides is 1. The zero-order chi connectivity index (χ0) is 24.2. The highest BCUT2D eigenvalue weighted by atomic mass is 32.1. The summed E-state index contributed by atoms with van der Waals surface area (Å²) in [5, 5.41) is 7.83. The Morgan fingerprint density at radius 1 is 1.03 bits per heavy atom. The second-order valence-electron chi connectivity index (χ2n) is 7.23. The molecule has 1 N–H and O–H groups in total. The van der Waals surface area contributed by atoms with Crippen molar-refractivity contribution in [1.29, 1.82) is 0 Å². The summed E-state index contributed by atoms with van der Waals surface area (Å²) in [6.07, 6.45) is 0. The summed E-state index contributed by atoms with van der Waals surface area (Å²) in [5.74, 6) is -1.96. The second kappa shape index (κ2) is 9.84. The molecule has 2 heterocycles. The summed E-state index contributed by atoms with van der Waals surface area (Å²) in [7, 11) is 0. The van der Waals surface area contributed by atoms with E-state index in [1.54, 1.807) is 41.9 Å². The first-order chi connectivity index (χ1) is 16.4. The summed E-state index contributed by atoms with van der Waals surface area (Å²) < 4.78 is 25.0. The SMILES string of the molecule is CCOC(=O)c1ccc(NC(=O)COC(=O)c2cc3c(C)nn(-c4ccc(F)cc4)c3s2)cc1. The minimum Gasteiger partial charge on any atom is -0.462 e. The number of nitrogens with zero attached hydrogens (tertiary/aromatic N) is 2. The Bertz CT molecular complexity index is 1360. The highest BCUT2D eigenvalue weighted by molar-refractivity contribution is 7.20. The maximum absolute atomic E-state index is 13.3. The molecule has 0 spiro atoms. The Kier molecular flexibility index (Phi) is 6.69. The van der Waals surface area contributed by atoms with Crippen LogP contribution in [-0.2, 0) is 14.3 Å². The molecule has 0 atom stereocenters. The molecule has 8 nitrogen and oxygen atoms in total. The monoisotopic (exact) mass is 481 g/mol. The van der Waals surface area contributed by atoms with Gasteiger partial charge in [0.2, 0.25) is 0 Å². The van der Waals surface area contributed by atoms with Crippen LogP contribution in [0.3, 0.4) is 0 Å². The van der Waals surface area contributed by atoms with Gasteiger partial charge in [-0.3, -0.25) is 4.79 Å². The van der Waals surface area contributed by atoms with Crippen molar-refractivity contribution < 1.29 is 28.2 Å². The summed E-state index contributed by atoms with van der Waals surface area (Å²) in [4.78, 5) is 37.4. The zero-order valence-electron chi connectivity index (χ0n) is 18.3. The third-order valence-electron chi connectivity index (χ3n) is 4.83. The van der Waals surface area contributed by atoms with E-state index in [0.29, 0.717) is 32.3 Å². The van der Waals surface area contributed by atoms with Crippen molar-refractivity contribution in [3.8, 4) is 5.69 Å². The lowest BCUT2D eigenvalue weighted by Gasteiger charge is -2.07. The maximum Gasteiger partial charge on any atom is 0.348 e. The molecule has 4 rings (SSSR count). The minimum absolute atomic E-state index is 0.270. The number of carbonyl (C=O) groups excluding carboxylic acids is 3. The van der Waals surface area contributed by atoms with Crippen LogP contribution in [0.15, 0.2) is 54.6 Å². The topological polar surface area (TPSA) is 99.5 Å². The molecule has 0 unspecified atom stereocenters. The van der Waals surface area contributed by atoms with Gasteiger partial charge in [-0.2, -0.15) is 5.10 Å². The van der Waals surface area contributed by atoms with Crippen LogP contribution < -0.4 is 5.32 Å². The van der Waals surface area contributed by atoms with Crippen molar-refractivity contribution in [2.75, 3.05) is 18.5 Å². The molecule has 174 valence electrons. The molecule has 34 heavy (non-hydrogen) atoms. The Morgan fingerprint density at radius 2 is 1.74 bits per heavy atom. The highest BCUT2D eigenvalue weighted by Gasteiger charge is 2.19. The van der Waals surface area contributed by atoms with E-state index >= 15 is 0 Å². The van der Waals surface area contributed by atoms with Crippen LogP contribution in [0.25, 0.3) is 15.9 Å². The van der Waals surface area contributed by atoms with Crippen LogP contribution in [0.1, 0.15) is 32.6 Å². The fraction of sp³-hybridized carbons (Fsp3) is 0.167. The molecule has 0 saturated carbocycles. The van der Waals surface area contributed by atoms with Crippen LogP contribution in [0.4, 0.5) is 10.1 Å². The van der Waals surface area contributed by atoms with Crippen LogP contribution in [0.2, 0.25) is 0 Å². The normalized spacial score (nSPS) is 10.8. The third-order valence-corrected chi connectivity index (χ3v) is 5.92. The molecule has 1 amide bonds. The Hall–Kier alpha value is -4.05. The average molecular weight is 482 g/mol. The molecule has 0 saturated heterocycles. The Balaban J connectivity index is 1.39. The number of benzene rings is 2. The number of ether oxygens (including phenoxy) is 2. The average Bonchev–Trinajstić information content (AvgIpc) is 3.39. The molecular weight excluding hydrogens is 461 g/mol. The van der Waals surface area contributed by atoms with E-state index in [-0.39, 0.29) is 12.4 Å². The van der Waals surface area contributed by atoms with Gasteiger partial charge in [0, 0.05) is 11.1 Å². The van der Waals surface area contributed by atoms with Crippen LogP contribution in [-0.4, -0.2) is 40.8 Å². The predicted molar refractivity (Wildman–Crippen MR) is 125 cm³/mol. The molecule has 2 aromatic carbocycles. The van der Waals surface area contributed by atoms with Crippen LogP contribution >= 0.6 is 11.3 Å². The van der Waals surface area contributed by atoms with E-state index in [1.165, 1.54) is 35.6 Å². The van der Waals surface area contributed by atoms with E-state index < -0.39 is 24.5 Å². The van der Waals surface area contributed by atoms with Gasteiger partial charge in [-0.15, -0.1) is 11.3 Å². The number of carbonyl (C=O) groups is 3. The van der Waals surface area contributed by atoms with Gasteiger partial charge in [-0.1, -0.05) is 0 Å². The minimum atomic E-state index is -0.640. The number of thiophene rings is 1. The highest BCUT2D eigenvalue weighted by Crippen LogP contribution is 2.30. The van der Waals surface area contributed by atoms with Gasteiger partial charge in [-0.25, -0.2) is 18.7 Å². The number of hydrogen-bond donors (Lipinski definition) is 1. The first-order valence-electron chi connectivity index (χ1n) is 10.3. The van der Waals surface area contributed by atoms with Gasteiger partial charge in [0.15, 0.2) is 6.61 Å². The number of rotatable bonds is 7. The van der Waals surface area contributed by atoms with Gasteiger partial charge in [-0.05, 0) is 68.4 Å². The summed E-state index contributed by atoms with van der Waals surface area (Å²) in [5.41, 5.74) is 2.18. The van der Waals surface area contributed by atoms with Gasteiger partial charge < -0.3 is 14.8 Å². The molecule has 0 aliphatic rings. The predicted octanol–water partition coefficient (Wildman–Crippen LogP) is 4.51. The molecule has 0 fully saturated rings. The number of esters is 2. The van der Waals surface area contributed by atoms with E-state index in [1.807, 2.05) is 6.92 Å². The number of hydrogen-bond acceptors (Lipinski definition) is 7. The number of aryl methyl sites for hydroxylation is 1. The van der Waals surface area contributed by atoms with Gasteiger partial charge in [0.05, 0.1) is 23.6 Å². The standard InChI is InChI=1S/C24H20FN3O5S/c1-3-32-23(30)15-4-8-17(9-5-15)26-21(29)13-33-24(31)20-12-19-14(2)27-28(22(19)34-20)18-10-6-16(25)7-11-18/h4-12H,3,13H2,1-2H3,(H,26,29). The number of aromatic nitrogens is 2. The molecule has 0 radical (unpaired) electrons. The molecular formula is C24H20FN3O5S. The maximum atomic E-state index is 13.3. The largest absolute Gasteiger partial charge is 0.462 e. The molecule has 4 aromatic rings. The Labute approximate surface area is 197 Å². The van der Waals surface area contributed by atoms with Crippen molar-refractivity contribution >= 4 is 45.1 Å². The first kappa shape index (κ1) is 23.1. The molecule has 0 aliphatic carbocycles. The number of nitrogens with one attached hydrogen (secondary N) is 1. The summed E-state index contributed by atoms with van der Waals surface area (Å²) >= 11 is 1.17. The smallest absolute Gasteiger partial charge is 0.348 e. The van der Waals surface area contributed by atoms with Crippen molar-refractivity contribution in [1.82, 2.24) is 9.78 Å². The first-order valence-corrected chi connectivity index (χ1v) is 11.2. The fourth-order valence-electron chi connectivity index (χ4n) is 3.21. The lowest BCUT2D eigenvalue weighted by molar-refractivity contribution is -0.119. The quantitative estimate of drug-likeness (QED) is 0.390. The molecule has 0 bridgehead atoms. The number of fused-ring (bicyclic) bond motifs is 1. The van der Waals surface area contributed by atoms with Crippen molar-refractivity contribution in [3.63, 3.8) is 0 Å². The van der Waals surface area contributed by atoms with E-state index in [4.69, 9.17) is 9.47 Å². The fourth-order valence-corrected chi connectivity index (χ4v) is 4.29. The lowest BCUT2D eigenvalue weighted by atomic mass is 10.2. The van der Waals surface area contributed by atoms with Crippen molar-refractivity contribution in [2.45, 2.75) is 13.8 Å². The third kappa shape index (κ3) is 4.96. The van der Waals surface area contributed by atoms with Crippen LogP contribution in [0, 0.1) is 12.7 Å². The molecule has 0 aliphatic heterocycles. The molecule has 10 heteroatoms. The summed E-state index contributed by atoms with van der Waals surface area (Å²) in [6, 6.07) is 13.7. The van der Waals surface area contributed by atoms with E-state index in [9.17, 15) is 18.8 Å². The van der Waals surface area contributed by atoms with E-state index in [0.717, 1.165) is 5.39 Å². The van der Waals surface area contributed by atoms with Crippen molar-refractivity contribution in [2.24, 2.45) is 0 Å². The van der Waals surface area contributed by atoms with Crippen LogP contribution in [0.5, 0.6) is 0 Å². The van der Waals surface area contributed by atoms with Crippen molar-refractivity contribution in [3.05, 3.63) is 76.5 Å².